The van der Waals surface area contributed by atoms with E-state index in [1.54, 1.807) is 32.4 Å². The highest BCUT2D eigenvalue weighted by atomic mass is 16.5. The summed E-state index contributed by atoms with van der Waals surface area (Å²) < 4.78 is 10.4. The molecule has 4 nitrogen and oxygen atoms in total. The zero-order valence-corrected chi connectivity index (χ0v) is 12.3. The molecular weight excluding hydrogens is 254 g/mol. The van der Waals surface area contributed by atoms with Gasteiger partial charge in [0, 0.05) is 11.6 Å². The number of benzene rings is 1. The number of amides is 1. The highest BCUT2D eigenvalue weighted by Gasteiger charge is 2.17. The van der Waals surface area contributed by atoms with E-state index in [2.05, 4.69) is 5.32 Å². The first-order valence-electron chi connectivity index (χ1n) is 7.27. The number of ether oxygens (including phenoxy) is 2. The van der Waals surface area contributed by atoms with Gasteiger partial charge in [-0.15, -0.1) is 0 Å². The molecule has 110 valence electrons. The fourth-order valence-corrected chi connectivity index (χ4v) is 2.67. The number of hydrogen-bond donors (Lipinski definition) is 1. The summed E-state index contributed by atoms with van der Waals surface area (Å²) in [6.07, 6.45) is 7.14. The molecule has 1 aromatic rings. The Morgan fingerprint density at radius 1 is 1.05 bits per heavy atom. The summed E-state index contributed by atoms with van der Waals surface area (Å²) in [4.78, 5) is 12.3. The monoisotopic (exact) mass is 277 g/mol. The minimum Gasteiger partial charge on any atom is -0.493 e. The van der Waals surface area contributed by atoms with E-state index in [0.29, 0.717) is 23.1 Å². The van der Waals surface area contributed by atoms with Gasteiger partial charge in [-0.3, -0.25) is 4.79 Å². The molecule has 1 fully saturated rings. The van der Waals surface area contributed by atoms with Crippen LogP contribution in [0.5, 0.6) is 11.5 Å². The lowest BCUT2D eigenvalue weighted by Crippen LogP contribution is -2.34. The second kappa shape index (κ2) is 7.17. The molecule has 0 radical (unpaired) electrons. The summed E-state index contributed by atoms with van der Waals surface area (Å²) in [5.41, 5.74) is 0.617. The molecule has 2 rings (SSSR count). The van der Waals surface area contributed by atoms with Crippen LogP contribution >= 0.6 is 0 Å². The first-order chi connectivity index (χ1) is 9.74. The van der Waals surface area contributed by atoms with Crippen LogP contribution in [0.15, 0.2) is 18.2 Å². The third kappa shape index (κ3) is 3.65. The van der Waals surface area contributed by atoms with Crippen LogP contribution in [0, 0.1) is 0 Å². The SMILES string of the molecule is COc1ccc(C(=O)NC2CCCCCC2)cc1OC. The van der Waals surface area contributed by atoms with Crippen LogP contribution in [0.4, 0.5) is 0 Å². The van der Waals surface area contributed by atoms with Crippen LogP contribution in [0.25, 0.3) is 0 Å². The Hall–Kier alpha value is -1.71. The van der Waals surface area contributed by atoms with Gasteiger partial charge in [0.05, 0.1) is 14.2 Å². The van der Waals surface area contributed by atoms with Gasteiger partial charge in [0.1, 0.15) is 0 Å². The number of carbonyl (C=O) groups is 1. The first-order valence-corrected chi connectivity index (χ1v) is 7.27. The van der Waals surface area contributed by atoms with E-state index >= 15 is 0 Å². The molecular formula is C16H23NO3. The van der Waals surface area contributed by atoms with Crippen LogP contribution in [0.1, 0.15) is 48.9 Å². The molecule has 1 N–H and O–H groups in total. The number of nitrogens with one attached hydrogen (secondary N) is 1. The molecule has 20 heavy (non-hydrogen) atoms. The minimum atomic E-state index is -0.0298. The molecule has 1 aromatic carbocycles. The maximum atomic E-state index is 12.3. The Bertz CT molecular complexity index is 451. The average Bonchev–Trinajstić information content (AvgIpc) is 2.75. The molecule has 1 saturated carbocycles. The maximum Gasteiger partial charge on any atom is 0.251 e. The summed E-state index contributed by atoms with van der Waals surface area (Å²) in [7, 11) is 3.16. The van der Waals surface area contributed by atoms with Crippen molar-refractivity contribution in [3.8, 4) is 11.5 Å². The van der Waals surface area contributed by atoms with Gasteiger partial charge in [0.25, 0.3) is 5.91 Å². The predicted molar refractivity (Wildman–Crippen MR) is 78.5 cm³/mol. The Kier molecular flexibility index (Phi) is 5.27. The van der Waals surface area contributed by atoms with Gasteiger partial charge in [-0.05, 0) is 31.0 Å². The van der Waals surface area contributed by atoms with E-state index in [9.17, 15) is 4.79 Å². The van der Waals surface area contributed by atoms with Crippen molar-refractivity contribution in [1.29, 1.82) is 0 Å². The van der Waals surface area contributed by atoms with E-state index in [-0.39, 0.29) is 5.91 Å². The zero-order valence-electron chi connectivity index (χ0n) is 12.3. The molecule has 0 atom stereocenters. The van der Waals surface area contributed by atoms with E-state index in [1.807, 2.05) is 0 Å². The van der Waals surface area contributed by atoms with Crippen LogP contribution in [0.3, 0.4) is 0 Å². The van der Waals surface area contributed by atoms with E-state index in [1.165, 1.54) is 25.7 Å². The second-order valence-corrected chi connectivity index (χ2v) is 5.23. The fourth-order valence-electron chi connectivity index (χ4n) is 2.67. The Morgan fingerprint density at radius 3 is 2.30 bits per heavy atom. The number of methoxy groups -OCH3 is 2. The van der Waals surface area contributed by atoms with Crippen LogP contribution in [0.2, 0.25) is 0 Å². The van der Waals surface area contributed by atoms with Crippen LogP contribution in [-0.4, -0.2) is 26.2 Å². The second-order valence-electron chi connectivity index (χ2n) is 5.23. The third-order valence-corrected chi connectivity index (χ3v) is 3.84. The van der Waals surface area contributed by atoms with Gasteiger partial charge in [-0.25, -0.2) is 0 Å². The molecule has 1 aliphatic rings. The van der Waals surface area contributed by atoms with E-state index in [4.69, 9.17) is 9.47 Å². The van der Waals surface area contributed by atoms with Crippen LogP contribution < -0.4 is 14.8 Å². The molecule has 0 unspecified atom stereocenters. The summed E-state index contributed by atoms with van der Waals surface area (Å²) >= 11 is 0. The highest BCUT2D eigenvalue weighted by molar-refractivity contribution is 5.95. The smallest absolute Gasteiger partial charge is 0.251 e. The summed E-state index contributed by atoms with van der Waals surface area (Å²) in [5, 5.41) is 3.13. The Labute approximate surface area is 120 Å². The van der Waals surface area contributed by atoms with Gasteiger partial charge < -0.3 is 14.8 Å². The Balaban J connectivity index is 2.04. The highest BCUT2D eigenvalue weighted by Crippen LogP contribution is 2.27. The lowest BCUT2D eigenvalue weighted by atomic mass is 10.1. The molecule has 0 spiro atoms. The molecule has 0 bridgehead atoms. The Morgan fingerprint density at radius 2 is 1.70 bits per heavy atom. The number of rotatable bonds is 4. The molecule has 0 heterocycles. The van der Waals surface area contributed by atoms with Crippen molar-refractivity contribution in [1.82, 2.24) is 5.32 Å². The normalized spacial score (nSPS) is 16.3. The van der Waals surface area contributed by atoms with E-state index < -0.39 is 0 Å². The third-order valence-electron chi connectivity index (χ3n) is 3.84. The quantitative estimate of drug-likeness (QED) is 0.860. The van der Waals surface area contributed by atoms with Crippen molar-refractivity contribution in [2.45, 2.75) is 44.6 Å². The van der Waals surface area contributed by atoms with Gasteiger partial charge in [-0.2, -0.15) is 0 Å². The molecule has 0 aromatic heterocycles. The van der Waals surface area contributed by atoms with E-state index in [0.717, 1.165) is 12.8 Å². The van der Waals surface area contributed by atoms with Crippen molar-refractivity contribution in [2.75, 3.05) is 14.2 Å². The zero-order chi connectivity index (χ0) is 14.4. The molecule has 0 saturated heterocycles. The standard InChI is InChI=1S/C16H23NO3/c1-19-14-10-9-12(11-15(14)20-2)16(18)17-13-7-5-3-4-6-8-13/h9-11,13H,3-8H2,1-2H3,(H,17,18). The van der Waals surface area contributed by atoms with Crippen molar-refractivity contribution in [2.24, 2.45) is 0 Å². The predicted octanol–water partition coefficient (Wildman–Crippen LogP) is 3.16. The largest absolute Gasteiger partial charge is 0.493 e. The summed E-state index contributed by atoms with van der Waals surface area (Å²) in [5.74, 6) is 1.19. The van der Waals surface area contributed by atoms with Gasteiger partial charge in [-0.1, -0.05) is 25.7 Å². The lowest BCUT2D eigenvalue weighted by Gasteiger charge is -2.17. The molecule has 4 heteroatoms. The van der Waals surface area contributed by atoms with Crippen molar-refractivity contribution >= 4 is 5.91 Å². The average molecular weight is 277 g/mol. The lowest BCUT2D eigenvalue weighted by molar-refractivity contribution is 0.0933. The molecule has 0 aliphatic heterocycles. The van der Waals surface area contributed by atoms with Crippen molar-refractivity contribution in [3.05, 3.63) is 23.8 Å². The maximum absolute atomic E-state index is 12.3. The van der Waals surface area contributed by atoms with Gasteiger partial charge in [0.15, 0.2) is 11.5 Å². The van der Waals surface area contributed by atoms with Crippen molar-refractivity contribution in [3.63, 3.8) is 0 Å². The molecule has 1 aliphatic carbocycles. The number of carbonyl (C=O) groups excluding carboxylic acids is 1. The minimum absolute atomic E-state index is 0.0298. The van der Waals surface area contributed by atoms with Crippen molar-refractivity contribution < 1.29 is 14.3 Å². The first kappa shape index (κ1) is 14.7. The summed E-state index contributed by atoms with van der Waals surface area (Å²) in [6.45, 7) is 0. The topological polar surface area (TPSA) is 47.6 Å². The fraction of sp³-hybridized carbons (Fsp3) is 0.562. The van der Waals surface area contributed by atoms with Gasteiger partial charge >= 0.3 is 0 Å². The summed E-state index contributed by atoms with van der Waals surface area (Å²) in [6, 6.07) is 5.57. The van der Waals surface area contributed by atoms with Gasteiger partial charge in [0.2, 0.25) is 0 Å². The molecule has 1 amide bonds. The van der Waals surface area contributed by atoms with Crippen LogP contribution in [-0.2, 0) is 0 Å². The number of hydrogen-bond acceptors (Lipinski definition) is 3.